The van der Waals surface area contributed by atoms with Crippen molar-refractivity contribution in [2.75, 3.05) is 19.7 Å². The third kappa shape index (κ3) is 8.02. The lowest BCUT2D eigenvalue weighted by Gasteiger charge is -2.11. The first-order valence-corrected chi connectivity index (χ1v) is 8.64. The van der Waals surface area contributed by atoms with E-state index in [2.05, 4.69) is 20.7 Å². The van der Waals surface area contributed by atoms with Gasteiger partial charge in [-0.1, -0.05) is 12.1 Å². The van der Waals surface area contributed by atoms with Crippen molar-refractivity contribution >= 4 is 5.96 Å². The number of ether oxygens (including phenoxy) is 1. The van der Waals surface area contributed by atoms with Gasteiger partial charge in [0.2, 0.25) is 0 Å². The molecule has 0 aliphatic heterocycles. The van der Waals surface area contributed by atoms with Crippen LogP contribution in [0.5, 0.6) is 5.75 Å². The highest BCUT2D eigenvalue weighted by molar-refractivity contribution is 5.79. The zero-order valence-electron chi connectivity index (χ0n) is 15.4. The van der Waals surface area contributed by atoms with Crippen molar-refractivity contribution in [3.63, 3.8) is 0 Å². The average Bonchev–Trinajstić information content (AvgIpc) is 3.03. The number of nitrogens with zero attached hydrogens (tertiary/aromatic N) is 3. The molecule has 0 aliphatic rings. The topological polar surface area (TPSA) is 63.5 Å². The number of nitrogens with one attached hydrogen (secondary N) is 2. The lowest BCUT2D eigenvalue weighted by molar-refractivity contribution is -0.153. The highest BCUT2D eigenvalue weighted by atomic mass is 19.4. The molecule has 0 bridgehead atoms. The van der Waals surface area contributed by atoms with Gasteiger partial charge in [0.25, 0.3) is 0 Å². The first-order valence-electron chi connectivity index (χ1n) is 8.64. The zero-order valence-corrected chi connectivity index (χ0v) is 15.4. The van der Waals surface area contributed by atoms with Crippen molar-refractivity contribution in [1.29, 1.82) is 0 Å². The summed E-state index contributed by atoms with van der Waals surface area (Å²) in [5.74, 6) is 0.861. The SMILES string of the molecule is CCNC(=NCc1ccc(OCC(F)(F)F)cc1)NCCc1cnn(C)c1. The number of benzene rings is 1. The van der Waals surface area contributed by atoms with Crippen molar-refractivity contribution < 1.29 is 17.9 Å². The average molecular weight is 383 g/mol. The van der Waals surface area contributed by atoms with Crippen LogP contribution in [0.1, 0.15) is 18.1 Å². The van der Waals surface area contributed by atoms with E-state index in [0.29, 0.717) is 19.0 Å². The minimum atomic E-state index is -4.34. The summed E-state index contributed by atoms with van der Waals surface area (Å²) in [6.07, 6.45) is 0.275. The quantitative estimate of drug-likeness (QED) is 0.543. The van der Waals surface area contributed by atoms with Crippen LogP contribution in [-0.2, 0) is 20.0 Å². The third-order valence-corrected chi connectivity index (χ3v) is 3.55. The molecule has 1 heterocycles. The summed E-state index contributed by atoms with van der Waals surface area (Å²) in [6, 6.07) is 6.43. The van der Waals surface area contributed by atoms with E-state index in [1.807, 2.05) is 26.4 Å². The number of hydrogen-bond donors (Lipinski definition) is 2. The molecule has 148 valence electrons. The molecule has 0 fully saturated rings. The fourth-order valence-corrected chi connectivity index (χ4v) is 2.29. The first-order chi connectivity index (χ1) is 12.9. The van der Waals surface area contributed by atoms with Crippen LogP contribution >= 0.6 is 0 Å². The molecular weight excluding hydrogens is 359 g/mol. The minimum Gasteiger partial charge on any atom is -0.484 e. The van der Waals surface area contributed by atoms with Crippen LogP contribution in [0.2, 0.25) is 0 Å². The Balaban J connectivity index is 1.84. The Kier molecular flexibility index (Phi) is 7.51. The van der Waals surface area contributed by atoms with Crippen LogP contribution < -0.4 is 15.4 Å². The van der Waals surface area contributed by atoms with E-state index < -0.39 is 12.8 Å². The molecule has 0 spiro atoms. The summed E-state index contributed by atoms with van der Waals surface area (Å²) in [5.41, 5.74) is 2.01. The summed E-state index contributed by atoms with van der Waals surface area (Å²) in [7, 11) is 1.88. The van der Waals surface area contributed by atoms with Crippen molar-refractivity contribution in [3.8, 4) is 5.75 Å². The molecule has 2 N–H and O–H groups in total. The van der Waals surface area contributed by atoms with Crippen LogP contribution in [0.4, 0.5) is 13.2 Å². The molecule has 27 heavy (non-hydrogen) atoms. The maximum absolute atomic E-state index is 12.2. The molecule has 9 heteroatoms. The molecule has 0 amide bonds. The normalized spacial score (nSPS) is 12.1. The van der Waals surface area contributed by atoms with Gasteiger partial charge in [0.05, 0.1) is 12.7 Å². The van der Waals surface area contributed by atoms with Gasteiger partial charge in [0.1, 0.15) is 5.75 Å². The molecule has 0 radical (unpaired) electrons. The van der Waals surface area contributed by atoms with Crippen molar-refractivity contribution in [2.24, 2.45) is 12.0 Å². The van der Waals surface area contributed by atoms with Crippen LogP contribution in [0.15, 0.2) is 41.7 Å². The molecule has 0 atom stereocenters. The fourth-order valence-electron chi connectivity index (χ4n) is 2.29. The number of rotatable bonds is 8. The number of aromatic nitrogens is 2. The van der Waals surface area contributed by atoms with E-state index in [1.165, 1.54) is 12.1 Å². The monoisotopic (exact) mass is 383 g/mol. The second-order valence-corrected chi connectivity index (χ2v) is 5.94. The number of guanidine groups is 1. The van der Waals surface area contributed by atoms with Gasteiger partial charge in [0.15, 0.2) is 12.6 Å². The number of hydrogen-bond acceptors (Lipinski definition) is 3. The summed E-state index contributed by atoms with van der Waals surface area (Å²) < 4.78 is 42.9. The fraction of sp³-hybridized carbons (Fsp3) is 0.444. The molecule has 0 unspecified atom stereocenters. The van der Waals surface area contributed by atoms with Gasteiger partial charge >= 0.3 is 6.18 Å². The van der Waals surface area contributed by atoms with E-state index in [0.717, 1.165) is 24.1 Å². The third-order valence-electron chi connectivity index (χ3n) is 3.55. The van der Waals surface area contributed by atoms with E-state index in [9.17, 15) is 13.2 Å². The molecule has 0 saturated heterocycles. The Hall–Kier alpha value is -2.71. The van der Waals surface area contributed by atoms with E-state index in [-0.39, 0.29) is 5.75 Å². The number of aliphatic imine (C=N–C) groups is 1. The molecular formula is C18H24F3N5O. The van der Waals surface area contributed by atoms with E-state index >= 15 is 0 Å². The summed E-state index contributed by atoms with van der Waals surface area (Å²) in [5, 5.41) is 10.5. The van der Waals surface area contributed by atoms with Crippen LogP contribution in [-0.4, -0.2) is 41.6 Å². The maximum Gasteiger partial charge on any atom is 0.422 e. The smallest absolute Gasteiger partial charge is 0.422 e. The summed E-state index contributed by atoms with van der Waals surface area (Å²) >= 11 is 0. The van der Waals surface area contributed by atoms with Gasteiger partial charge in [-0.15, -0.1) is 0 Å². The summed E-state index contributed by atoms with van der Waals surface area (Å²) in [6.45, 7) is 2.52. The molecule has 1 aromatic heterocycles. The maximum atomic E-state index is 12.2. The predicted octanol–water partition coefficient (Wildman–Crippen LogP) is 2.66. The van der Waals surface area contributed by atoms with Gasteiger partial charge in [-0.25, -0.2) is 4.99 Å². The Morgan fingerprint density at radius 2 is 1.93 bits per heavy atom. The van der Waals surface area contributed by atoms with E-state index in [4.69, 9.17) is 4.74 Å². The predicted molar refractivity (Wildman–Crippen MR) is 97.7 cm³/mol. The van der Waals surface area contributed by atoms with Crippen molar-refractivity contribution in [1.82, 2.24) is 20.4 Å². The molecule has 0 saturated carbocycles. The van der Waals surface area contributed by atoms with Gasteiger partial charge in [-0.3, -0.25) is 4.68 Å². The van der Waals surface area contributed by atoms with E-state index in [1.54, 1.807) is 16.8 Å². The van der Waals surface area contributed by atoms with Gasteiger partial charge in [-0.2, -0.15) is 18.3 Å². The van der Waals surface area contributed by atoms with Gasteiger partial charge in [-0.05, 0) is 36.6 Å². The highest BCUT2D eigenvalue weighted by Crippen LogP contribution is 2.19. The second kappa shape index (κ2) is 9.84. The van der Waals surface area contributed by atoms with Gasteiger partial charge in [0, 0.05) is 26.3 Å². The Morgan fingerprint density at radius 1 is 1.19 bits per heavy atom. The zero-order chi connectivity index (χ0) is 19.7. The Bertz CT molecular complexity index is 725. The van der Waals surface area contributed by atoms with Crippen molar-refractivity contribution in [2.45, 2.75) is 26.1 Å². The molecule has 0 aliphatic carbocycles. The van der Waals surface area contributed by atoms with Crippen LogP contribution in [0.25, 0.3) is 0 Å². The minimum absolute atomic E-state index is 0.182. The van der Waals surface area contributed by atoms with Gasteiger partial charge < -0.3 is 15.4 Å². The largest absolute Gasteiger partial charge is 0.484 e. The molecule has 6 nitrogen and oxygen atoms in total. The molecule has 2 rings (SSSR count). The standard InChI is InChI=1S/C18H24F3N5O/c1-3-22-17(23-9-8-15-11-25-26(2)12-15)24-10-14-4-6-16(7-5-14)27-13-18(19,20)21/h4-7,11-12H,3,8-10,13H2,1-2H3,(H2,22,23,24). The summed E-state index contributed by atoms with van der Waals surface area (Å²) in [4.78, 5) is 4.49. The molecule has 1 aromatic carbocycles. The molecule has 2 aromatic rings. The Morgan fingerprint density at radius 3 is 2.52 bits per heavy atom. The first kappa shape index (κ1) is 20.6. The van der Waals surface area contributed by atoms with Crippen LogP contribution in [0.3, 0.4) is 0 Å². The number of alkyl halides is 3. The van der Waals surface area contributed by atoms with Crippen molar-refractivity contribution in [3.05, 3.63) is 47.8 Å². The number of halogens is 3. The highest BCUT2D eigenvalue weighted by Gasteiger charge is 2.28. The lowest BCUT2D eigenvalue weighted by Crippen LogP contribution is -2.38. The second-order valence-electron chi connectivity index (χ2n) is 5.94. The van der Waals surface area contributed by atoms with Crippen LogP contribution in [0, 0.1) is 0 Å². The number of aryl methyl sites for hydroxylation is 1. The Labute approximate surface area is 156 Å². The lowest BCUT2D eigenvalue weighted by atomic mass is 10.2.